The summed E-state index contributed by atoms with van der Waals surface area (Å²) < 4.78 is 41.2. The highest BCUT2D eigenvalue weighted by Gasteiger charge is 2.28. The summed E-state index contributed by atoms with van der Waals surface area (Å²) in [5, 5.41) is 4.07. The van der Waals surface area contributed by atoms with E-state index in [1.165, 1.54) is 0 Å². The van der Waals surface area contributed by atoms with E-state index >= 15 is 0 Å². The molecule has 0 bridgehead atoms. The number of hydrogen-bond acceptors (Lipinski definition) is 3. The summed E-state index contributed by atoms with van der Waals surface area (Å²) in [6.07, 6.45) is -2.63. The number of halogens is 3. The van der Waals surface area contributed by atoms with E-state index < -0.39 is 12.8 Å². The van der Waals surface area contributed by atoms with Crippen molar-refractivity contribution in [2.45, 2.75) is 19.1 Å². The molecular weight excluding hydrogens is 281 g/mol. The second-order valence-electron chi connectivity index (χ2n) is 4.70. The zero-order chi connectivity index (χ0) is 15.3. The van der Waals surface area contributed by atoms with E-state index in [0.29, 0.717) is 6.54 Å². The van der Waals surface area contributed by atoms with Crippen molar-refractivity contribution in [2.75, 3.05) is 19.8 Å². The molecule has 2 aromatic rings. The first-order valence-corrected chi connectivity index (χ1v) is 6.72. The van der Waals surface area contributed by atoms with Gasteiger partial charge in [0, 0.05) is 11.6 Å². The molecule has 1 unspecified atom stereocenters. The van der Waals surface area contributed by atoms with Crippen LogP contribution in [0.3, 0.4) is 0 Å². The van der Waals surface area contributed by atoms with Gasteiger partial charge >= 0.3 is 6.18 Å². The largest absolute Gasteiger partial charge is 0.411 e. The van der Waals surface area contributed by atoms with Crippen LogP contribution in [0.15, 0.2) is 36.5 Å². The van der Waals surface area contributed by atoms with Gasteiger partial charge in [0.1, 0.15) is 6.61 Å². The minimum Gasteiger partial charge on any atom is -0.370 e. The highest BCUT2D eigenvalue weighted by atomic mass is 19.4. The lowest BCUT2D eigenvalue weighted by Crippen LogP contribution is -2.28. The Morgan fingerprint density at radius 1 is 1.29 bits per heavy atom. The molecule has 0 saturated carbocycles. The predicted octanol–water partition coefficient (Wildman–Crippen LogP) is 3.46. The zero-order valence-corrected chi connectivity index (χ0v) is 11.7. The molecule has 1 heterocycles. The highest BCUT2D eigenvalue weighted by molar-refractivity contribution is 5.78. The Kier molecular flexibility index (Phi) is 5.14. The standard InChI is InChI=1S/C15H17F3N2O/c1-2-19-14(9-21-10-15(16,17)18)12-7-11-5-3-4-6-13(11)20-8-12/h3-8,14,19H,2,9-10H2,1H3. The molecule has 0 radical (unpaired) electrons. The topological polar surface area (TPSA) is 34.1 Å². The number of para-hydroxylation sites is 1. The number of nitrogens with zero attached hydrogens (tertiary/aromatic N) is 1. The van der Waals surface area contributed by atoms with Gasteiger partial charge < -0.3 is 10.1 Å². The molecule has 1 aromatic heterocycles. The van der Waals surface area contributed by atoms with Crippen molar-refractivity contribution in [1.29, 1.82) is 0 Å². The molecule has 0 aliphatic carbocycles. The van der Waals surface area contributed by atoms with Crippen LogP contribution in [-0.2, 0) is 4.74 Å². The Labute approximate surface area is 121 Å². The fourth-order valence-corrected chi connectivity index (χ4v) is 2.09. The van der Waals surface area contributed by atoms with Crippen LogP contribution in [0.1, 0.15) is 18.5 Å². The van der Waals surface area contributed by atoms with E-state index in [2.05, 4.69) is 10.3 Å². The first-order chi connectivity index (χ1) is 9.99. The molecule has 6 heteroatoms. The van der Waals surface area contributed by atoms with Crippen molar-refractivity contribution in [2.24, 2.45) is 0 Å². The molecule has 1 N–H and O–H groups in total. The Morgan fingerprint density at radius 3 is 2.76 bits per heavy atom. The number of hydrogen-bond donors (Lipinski definition) is 1. The van der Waals surface area contributed by atoms with Crippen LogP contribution < -0.4 is 5.32 Å². The quantitative estimate of drug-likeness (QED) is 0.886. The molecule has 3 nitrogen and oxygen atoms in total. The number of fused-ring (bicyclic) bond motifs is 1. The van der Waals surface area contributed by atoms with Crippen molar-refractivity contribution in [1.82, 2.24) is 10.3 Å². The summed E-state index contributed by atoms with van der Waals surface area (Å²) in [4.78, 5) is 4.32. The second-order valence-corrected chi connectivity index (χ2v) is 4.70. The molecule has 0 amide bonds. The maximum absolute atomic E-state index is 12.1. The van der Waals surface area contributed by atoms with Crippen LogP contribution in [0.4, 0.5) is 13.2 Å². The number of pyridine rings is 1. The number of ether oxygens (including phenoxy) is 1. The molecule has 0 fully saturated rings. The first-order valence-electron chi connectivity index (χ1n) is 6.72. The van der Waals surface area contributed by atoms with Gasteiger partial charge in [0.2, 0.25) is 0 Å². The smallest absolute Gasteiger partial charge is 0.370 e. The third-order valence-electron chi connectivity index (χ3n) is 3.01. The SMILES string of the molecule is CCNC(COCC(F)(F)F)c1cnc2ccccc2c1. The third-order valence-corrected chi connectivity index (χ3v) is 3.01. The minimum atomic E-state index is -4.31. The second kappa shape index (κ2) is 6.87. The van der Waals surface area contributed by atoms with Crippen LogP contribution in [-0.4, -0.2) is 30.9 Å². The summed E-state index contributed by atoms with van der Waals surface area (Å²) in [5.41, 5.74) is 1.67. The van der Waals surface area contributed by atoms with Gasteiger partial charge in [0.25, 0.3) is 0 Å². The summed E-state index contributed by atoms with van der Waals surface area (Å²) >= 11 is 0. The minimum absolute atomic E-state index is 0.0482. The normalized spacial score (nSPS) is 13.5. The lowest BCUT2D eigenvalue weighted by molar-refractivity contribution is -0.175. The number of aromatic nitrogens is 1. The van der Waals surface area contributed by atoms with Crippen molar-refractivity contribution in [3.63, 3.8) is 0 Å². The van der Waals surface area contributed by atoms with Gasteiger partial charge in [0.15, 0.2) is 0 Å². The number of alkyl halides is 3. The van der Waals surface area contributed by atoms with Gasteiger partial charge in [-0.25, -0.2) is 0 Å². The van der Waals surface area contributed by atoms with Gasteiger partial charge in [-0.3, -0.25) is 4.98 Å². The van der Waals surface area contributed by atoms with E-state index in [1.807, 2.05) is 37.3 Å². The summed E-state index contributed by atoms with van der Waals surface area (Å²) in [6.45, 7) is 1.24. The summed E-state index contributed by atoms with van der Waals surface area (Å²) in [5.74, 6) is 0. The van der Waals surface area contributed by atoms with Gasteiger partial charge in [-0.2, -0.15) is 13.2 Å². The van der Waals surface area contributed by atoms with Gasteiger partial charge in [0.05, 0.1) is 18.2 Å². The maximum Gasteiger partial charge on any atom is 0.411 e. The maximum atomic E-state index is 12.1. The molecule has 21 heavy (non-hydrogen) atoms. The fraction of sp³-hybridized carbons (Fsp3) is 0.400. The van der Waals surface area contributed by atoms with Crippen LogP contribution in [0.25, 0.3) is 10.9 Å². The molecule has 114 valence electrons. The Balaban J connectivity index is 2.11. The monoisotopic (exact) mass is 298 g/mol. The van der Waals surface area contributed by atoms with Crippen molar-refractivity contribution < 1.29 is 17.9 Å². The summed E-state index contributed by atoms with van der Waals surface area (Å²) in [7, 11) is 0. The molecule has 1 atom stereocenters. The number of likely N-dealkylation sites (N-methyl/N-ethyl adjacent to an activating group) is 1. The van der Waals surface area contributed by atoms with Gasteiger partial charge in [-0.15, -0.1) is 0 Å². The molecule has 1 aromatic carbocycles. The Hall–Kier alpha value is -1.66. The van der Waals surface area contributed by atoms with E-state index in [0.717, 1.165) is 16.5 Å². The molecule has 0 saturated heterocycles. The Bertz CT molecular complexity index is 586. The zero-order valence-electron chi connectivity index (χ0n) is 11.7. The van der Waals surface area contributed by atoms with E-state index in [9.17, 15) is 13.2 Å². The molecular formula is C15H17F3N2O. The lowest BCUT2D eigenvalue weighted by atomic mass is 10.1. The van der Waals surface area contributed by atoms with Crippen LogP contribution in [0, 0.1) is 0 Å². The average molecular weight is 298 g/mol. The van der Waals surface area contributed by atoms with Crippen molar-refractivity contribution >= 4 is 10.9 Å². The van der Waals surface area contributed by atoms with E-state index in [-0.39, 0.29) is 12.6 Å². The average Bonchev–Trinajstić information content (AvgIpc) is 2.44. The van der Waals surface area contributed by atoms with Gasteiger partial charge in [-0.05, 0) is 24.2 Å². The highest BCUT2D eigenvalue weighted by Crippen LogP contribution is 2.20. The first kappa shape index (κ1) is 15.7. The molecule has 0 aliphatic rings. The predicted molar refractivity (Wildman–Crippen MR) is 75.0 cm³/mol. The van der Waals surface area contributed by atoms with E-state index in [4.69, 9.17) is 4.74 Å². The lowest BCUT2D eigenvalue weighted by Gasteiger charge is -2.19. The number of benzene rings is 1. The molecule has 2 rings (SSSR count). The molecule has 0 aliphatic heterocycles. The fourth-order valence-electron chi connectivity index (χ4n) is 2.09. The Morgan fingerprint density at radius 2 is 2.05 bits per heavy atom. The van der Waals surface area contributed by atoms with Crippen LogP contribution in [0.5, 0.6) is 0 Å². The van der Waals surface area contributed by atoms with Gasteiger partial charge in [-0.1, -0.05) is 25.1 Å². The number of nitrogens with one attached hydrogen (secondary N) is 1. The van der Waals surface area contributed by atoms with Crippen LogP contribution in [0.2, 0.25) is 0 Å². The summed E-state index contributed by atoms with van der Waals surface area (Å²) in [6, 6.07) is 9.22. The van der Waals surface area contributed by atoms with E-state index in [1.54, 1.807) is 6.20 Å². The third kappa shape index (κ3) is 4.68. The van der Waals surface area contributed by atoms with Crippen LogP contribution >= 0.6 is 0 Å². The van der Waals surface area contributed by atoms with Crippen molar-refractivity contribution in [3.8, 4) is 0 Å². The van der Waals surface area contributed by atoms with Crippen molar-refractivity contribution in [3.05, 3.63) is 42.1 Å². The number of rotatable bonds is 6. The molecule has 0 spiro atoms.